The van der Waals surface area contributed by atoms with Crippen molar-refractivity contribution in [1.29, 1.82) is 0 Å². The first-order valence-electron chi connectivity index (χ1n) is 6.18. The summed E-state index contributed by atoms with van der Waals surface area (Å²) in [5.74, 6) is 0.241. The van der Waals surface area contributed by atoms with Gasteiger partial charge in [0.15, 0.2) is 0 Å². The summed E-state index contributed by atoms with van der Waals surface area (Å²) in [5.41, 5.74) is 2.07. The van der Waals surface area contributed by atoms with Crippen molar-refractivity contribution in [2.45, 2.75) is 13.0 Å². The van der Waals surface area contributed by atoms with E-state index in [0.29, 0.717) is 16.0 Å². The zero-order valence-electron chi connectivity index (χ0n) is 10.7. The maximum Gasteiger partial charge on any atom is 0.134 e. The van der Waals surface area contributed by atoms with Crippen LogP contribution < -0.4 is 5.32 Å². The molecule has 0 spiro atoms. The highest BCUT2D eigenvalue weighted by molar-refractivity contribution is 9.10. The average molecular weight is 420 g/mol. The van der Waals surface area contributed by atoms with Gasteiger partial charge in [-0.05, 0) is 58.7 Å². The Kier molecular flexibility index (Phi) is 5.90. The van der Waals surface area contributed by atoms with Crippen molar-refractivity contribution in [2.75, 3.05) is 6.54 Å². The molecule has 2 nitrogen and oxygen atoms in total. The van der Waals surface area contributed by atoms with Gasteiger partial charge in [0.2, 0.25) is 0 Å². The first kappa shape index (κ1) is 15.8. The summed E-state index contributed by atoms with van der Waals surface area (Å²) in [5, 5.41) is 13.8. The molecular weight excluding hydrogens is 405 g/mol. The molecule has 2 N–H and O–H groups in total. The third-order valence-corrected chi connectivity index (χ3v) is 4.28. The van der Waals surface area contributed by atoms with E-state index < -0.39 is 0 Å². The third kappa shape index (κ3) is 4.48. The third-order valence-electron chi connectivity index (χ3n) is 2.93. The number of hydrogen-bond donors (Lipinski definition) is 2. The summed E-state index contributed by atoms with van der Waals surface area (Å²) >= 11 is 12.7. The van der Waals surface area contributed by atoms with Gasteiger partial charge in [-0.25, -0.2) is 0 Å². The average Bonchev–Trinajstić information content (AvgIpc) is 2.42. The summed E-state index contributed by atoms with van der Waals surface area (Å²) in [6.07, 6.45) is 0.940. The van der Waals surface area contributed by atoms with Crippen LogP contribution in [0.1, 0.15) is 11.1 Å². The van der Waals surface area contributed by atoms with Crippen molar-refractivity contribution < 1.29 is 5.11 Å². The van der Waals surface area contributed by atoms with E-state index in [1.54, 1.807) is 12.1 Å². The molecule has 2 aromatic rings. The SMILES string of the molecule is Oc1c(Br)cc(Cl)cc1CNCCc1ccc(Br)cc1. The molecule has 0 bridgehead atoms. The molecule has 2 aromatic carbocycles. The normalized spacial score (nSPS) is 10.8. The predicted octanol–water partition coefficient (Wildman–Crippen LogP) is 4.90. The monoisotopic (exact) mass is 417 g/mol. The van der Waals surface area contributed by atoms with E-state index in [1.807, 2.05) is 12.1 Å². The summed E-state index contributed by atoms with van der Waals surface area (Å²) < 4.78 is 1.71. The van der Waals surface area contributed by atoms with Crippen molar-refractivity contribution in [3.63, 3.8) is 0 Å². The molecule has 0 saturated carbocycles. The van der Waals surface area contributed by atoms with Gasteiger partial charge in [0, 0.05) is 21.6 Å². The Hall–Kier alpha value is -0.550. The van der Waals surface area contributed by atoms with Crippen molar-refractivity contribution >= 4 is 43.5 Å². The van der Waals surface area contributed by atoms with Crippen LogP contribution in [0, 0.1) is 0 Å². The molecule has 2 rings (SSSR count). The smallest absolute Gasteiger partial charge is 0.134 e. The maximum atomic E-state index is 9.92. The van der Waals surface area contributed by atoms with Crippen LogP contribution in [-0.4, -0.2) is 11.7 Å². The maximum absolute atomic E-state index is 9.92. The minimum absolute atomic E-state index is 0.241. The van der Waals surface area contributed by atoms with Crippen LogP contribution >= 0.6 is 43.5 Å². The summed E-state index contributed by atoms with van der Waals surface area (Å²) in [6.45, 7) is 1.42. The fraction of sp³-hybridized carbons (Fsp3) is 0.200. The number of phenolic OH excluding ortho intramolecular Hbond substituents is 1. The van der Waals surface area contributed by atoms with Crippen LogP contribution in [0.15, 0.2) is 45.3 Å². The second-order valence-electron chi connectivity index (χ2n) is 4.45. The van der Waals surface area contributed by atoms with Crippen molar-refractivity contribution in [3.8, 4) is 5.75 Å². The van der Waals surface area contributed by atoms with Crippen LogP contribution in [0.5, 0.6) is 5.75 Å². The Labute approximate surface area is 140 Å². The van der Waals surface area contributed by atoms with Gasteiger partial charge in [-0.3, -0.25) is 0 Å². The number of phenols is 1. The Morgan fingerprint density at radius 1 is 1.10 bits per heavy atom. The Morgan fingerprint density at radius 3 is 2.50 bits per heavy atom. The number of aromatic hydroxyl groups is 1. The molecule has 0 aliphatic rings. The van der Waals surface area contributed by atoms with E-state index in [2.05, 4.69) is 49.3 Å². The fourth-order valence-corrected chi connectivity index (χ4v) is 3.00. The molecule has 0 radical (unpaired) electrons. The molecular formula is C15H14Br2ClNO. The molecule has 0 aliphatic heterocycles. The van der Waals surface area contributed by atoms with Crippen LogP contribution in [0.2, 0.25) is 5.02 Å². The highest BCUT2D eigenvalue weighted by Gasteiger charge is 2.07. The lowest BCUT2D eigenvalue weighted by Crippen LogP contribution is -2.16. The van der Waals surface area contributed by atoms with E-state index in [-0.39, 0.29) is 5.75 Å². The minimum atomic E-state index is 0.241. The van der Waals surface area contributed by atoms with Gasteiger partial charge in [-0.1, -0.05) is 39.7 Å². The number of benzene rings is 2. The molecule has 5 heteroatoms. The van der Waals surface area contributed by atoms with Gasteiger partial charge in [0.05, 0.1) is 4.47 Å². The molecule has 0 atom stereocenters. The van der Waals surface area contributed by atoms with Gasteiger partial charge in [0.25, 0.3) is 0 Å². The molecule has 0 unspecified atom stereocenters. The molecule has 0 fully saturated rings. The molecule has 0 aliphatic carbocycles. The topological polar surface area (TPSA) is 32.3 Å². The lowest BCUT2D eigenvalue weighted by Gasteiger charge is -2.09. The zero-order valence-corrected chi connectivity index (χ0v) is 14.6. The first-order valence-corrected chi connectivity index (χ1v) is 8.14. The van der Waals surface area contributed by atoms with Crippen LogP contribution in [0.25, 0.3) is 0 Å². The van der Waals surface area contributed by atoms with E-state index >= 15 is 0 Å². The fourth-order valence-electron chi connectivity index (χ4n) is 1.86. The highest BCUT2D eigenvalue weighted by Crippen LogP contribution is 2.31. The van der Waals surface area contributed by atoms with Crippen molar-refractivity contribution in [2.24, 2.45) is 0 Å². The largest absolute Gasteiger partial charge is 0.506 e. The molecule has 0 saturated heterocycles. The van der Waals surface area contributed by atoms with Gasteiger partial charge in [-0.2, -0.15) is 0 Å². The second-order valence-corrected chi connectivity index (χ2v) is 6.66. The summed E-state index contributed by atoms with van der Waals surface area (Å²) in [7, 11) is 0. The second kappa shape index (κ2) is 7.46. The Bertz CT molecular complexity index is 587. The van der Waals surface area contributed by atoms with E-state index in [4.69, 9.17) is 11.6 Å². The van der Waals surface area contributed by atoms with Gasteiger partial charge in [-0.15, -0.1) is 0 Å². The molecule has 0 amide bonds. The number of rotatable bonds is 5. The molecule has 0 heterocycles. The Balaban J connectivity index is 1.86. The summed E-state index contributed by atoms with van der Waals surface area (Å²) in [6, 6.07) is 11.7. The van der Waals surface area contributed by atoms with E-state index in [9.17, 15) is 5.11 Å². The molecule has 20 heavy (non-hydrogen) atoms. The minimum Gasteiger partial charge on any atom is -0.506 e. The van der Waals surface area contributed by atoms with Gasteiger partial charge < -0.3 is 10.4 Å². The standard InChI is InChI=1S/C15H14Br2ClNO/c16-12-3-1-10(2-4-12)5-6-19-9-11-7-13(18)8-14(17)15(11)20/h1-4,7-8,19-20H,5-6,9H2. The number of halogens is 3. The predicted molar refractivity (Wildman–Crippen MR) is 90.4 cm³/mol. The number of nitrogens with one attached hydrogen (secondary N) is 1. The Morgan fingerprint density at radius 2 is 1.80 bits per heavy atom. The van der Waals surface area contributed by atoms with E-state index in [0.717, 1.165) is 23.0 Å². The lowest BCUT2D eigenvalue weighted by molar-refractivity contribution is 0.461. The number of hydrogen-bond acceptors (Lipinski definition) is 2. The van der Waals surface area contributed by atoms with Gasteiger partial charge in [0.1, 0.15) is 5.75 Å². The highest BCUT2D eigenvalue weighted by atomic mass is 79.9. The zero-order chi connectivity index (χ0) is 14.5. The first-order chi connectivity index (χ1) is 9.56. The van der Waals surface area contributed by atoms with E-state index in [1.165, 1.54) is 5.56 Å². The van der Waals surface area contributed by atoms with Crippen LogP contribution in [0.4, 0.5) is 0 Å². The van der Waals surface area contributed by atoms with Crippen LogP contribution in [0.3, 0.4) is 0 Å². The van der Waals surface area contributed by atoms with Crippen molar-refractivity contribution in [1.82, 2.24) is 5.32 Å². The summed E-state index contributed by atoms with van der Waals surface area (Å²) in [4.78, 5) is 0. The van der Waals surface area contributed by atoms with Gasteiger partial charge >= 0.3 is 0 Å². The van der Waals surface area contributed by atoms with Crippen LogP contribution in [-0.2, 0) is 13.0 Å². The molecule has 106 valence electrons. The molecule has 0 aromatic heterocycles. The quantitative estimate of drug-likeness (QED) is 0.676. The van der Waals surface area contributed by atoms with Crippen molar-refractivity contribution in [3.05, 3.63) is 61.5 Å². The lowest BCUT2D eigenvalue weighted by atomic mass is 10.1.